The first kappa shape index (κ1) is 17.1. The van der Waals surface area contributed by atoms with E-state index in [4.69, 9.17) is 4.42 Å². The molecule has 25 heavy (non-hydrogen) atoms. The summed E-state index contributed by atoms with van der Waals surface area (Å²) in [6.45, 7) is 6.36. The van der Waals surface area contributed by atoms with Gasteiger partial charge in [0.15, 0.2) is 11.2 Å². The molecule has 1 N–H and O–H groups in total. The monoisotopic (exact) mass is 343 g/mol. The maximum absolute atomic E-state index is 12.0. The summed E-state index contributed by atoms with van der Waals surface area (Å²) >= 11 is 0. The van der Waals surface area contributed by atoms with E-state index in [1.807, 2.05) is 0 Å². The van der Waals surface area contributed by atoms with E-state index in [1.165, 1.54) is 12.1 Å². The summed E-state index contributed by atoms with van der Waals surface area (Å²) in [5.41, 5.74) is -0.229. The molecule has 0 bridgehead atoms. The first-order valence-corrected chi connectivity index (χ1v) is 8.26. The Labute approximate surface area is 145 Å². The van der Waals surface area contributed by atoms with E-state index >= 15 is 0 Å². The Morgan fingerprint density at radius 1 is 1.20 bits per heavy atom. The van der Waals surface area contributed by atoms with Crippen LogP contribution in [0.3, 0.4) is 0 Å². The second kappa shape index (κ2) is 7.89. The number of anilines is 1. The Hall–Kier alpha value is -2.74. The lowest BCUT2D eigenvalue weighted by atomic mass is 10.3. The van der Waals surface area contributed by atoms with E-state index in [1.54, 1.807) is 25.4 Å². The van der Waals surface area contributed by atoms with Gasteiger partial charge >= 0.3 is 0 Å². The lowest BCUT2D eigenvalue weighted by Gasteiger charge is -2.34. The largest absolute Gasteiger partial charge is 0.456 e. The van der Waals surface area contributed by atoms with Crippen molar-refractivity contribution in [2.75, 3.05) is 44.2 Å². The first-order chi connectivity index (χ1) is 12.1. The van der Waals surface area contributed by atoms with E-state index in [9.17, 15) is 9.59 Å². The third-order valence-corrected chi connectivity index (χ3v) is 4.03. The molecule has 8 nitrogen and oxygen atoms in total. The summed E-state index contributed by atoms with van der Waals surface area (Å²) in [4.78, 5) is 36.4. The Balaban J connectivity index is 1.43. The molecule has 1 saturated heterocycles. The molecule has 8 heteroatoms. The molecule has 0 saturated carbocycles. The second-order valence-corrected chi connectivity index (χ2v) is 5.90. The van der Waals surface area contributed by atoms with Gasteiger partial charge < -0.3 is 14.6 Å². The van der Waals surface area contributed by atoms with Gasteiger partial charge in [0.25, 0.3) is 5.91 Å². The highest BCUT2D eigenvalue weighted by atomic mass is 16.3. The number of rotatable bonds is 5. The number of hydrogen-bond donors (Lipinski definition) is 1. The fraction of sp³-hybridized carbons (Fsp3) is 0.412. The minimum atomic E-state index is -0.364. The topological polar surface area (TPSA) is 91.6 Å². The Morgan fingerprint density at radius 3 is 2.60 bits per heavy atom. The molecular formula is C17H21N5O3. The number of nitrogens with zero attached hydrogens (tertiary/aromatic N) is 4. The summed E-state index contributed by atoms with van der Waals surface area (Å²) in [6.07, 6.45) is 3.49. The molecule has 0 radical (unpaired) electrons. The zero-order valence-corrected chi connectivity index (χ0v) is 14.1. The van der Waals surface area contributed by atoms with Gasteiger partial charge in [0.05, 0.1) is 0 Å². The standard InChI is InChI=1S/C17H21N5O3/c1-13-11-14(23)12-15(25-13)16(24)18-5-6-21-7-9-22(10-8-21)17-19-3-2-4-20-17/h2-4,11-12H,5-10H2,1H3,(H,18,24). The van der Waals surface area contributed by atoms with E-state index in [0.717, 1.165) is 38.7 Å². The molecule has 0 unspecified atom stereocenters. The van der Waals surface area contributed by atoms with Crippen LogP contribution in [0.2, 0.25) is 0 Å². The lowest BCUT2D eigenvalue weighted by Crippen LogP contribution is -2.49. The predicted molar refractivity (Wildman–Crippen MR) is 92.7 cm³/mol. The third-order valence-electron chi connectivity index (χ3n) is 4.03. The van der Waals surface area contributed by atoms with Gasteiger partial charge in [-0.15, -0.1) is 0 Å². The van der Waals surface area contributed by atoms with Crippen LogP contribution in [0.25, 0.3) is 0 Å². The molecule has 0 aromatic carbocycles. The summed E-state index contributed by atoms with van der Waals surface area (Å²) in [5, 5.41) is 2.79. The average Bonchev–Trinajstić information content (AvgIpc) is 2.62. The molecule has 2 aromatic heterocycles. The highest BCUT2D eigenvalue weighted by Gasteiger charge is 2.18. The van der Waals surface area contributed by atoms with E-state index in [-0.39, 0.29) is 17.1 Å². The molecule has 0 spiro atoms. The van der Waals surface area contributed by atoms with Crippen molar-refractivity contribution in [1.82, 2.24) is 20.2 Å². The average molecular weight is 343 g/mol. The summed E-state index contributed by atoms with van der Waals surface area (Å²) < 4.78 is 5.28. The van der Waals surface area contributed by atoms with Crippen LogP contribution in [0, 0.1) is 6.92 Å². The second-order valence-electron chi connectivity index (χ2n) is 5.90. The Morgan fingerprint density at radius 2 is 1.92 bits per heavy atom. The van der Waals surface area contributed by atoms with Crippen molar-refractivity contribution in [3.05, 3.63) is 52.3 Å². The molecule has 1 fully saturated rings. The van der Waals surface area contributed by atoms with Gasteiger partial charge in [-0.2, -0.15) is 0 Å². The van der Waals surface area contributed by atoms with Crippen LogP contribution >= 0.6 is 0 Å². The molecule has 3 rings (SSSR count). The van der Waals surface area contributed by atoms with Crippen molar-refractivity contribution >= 4 is 11.9 Å². The normalized spacial score (nSPS) is 15.2. The SMILES string of the molecule is Cc1cc(=O)cc(C(=O)NCCN2CCN(c3ncccn3)CC2)o1. The number of aromatic nitrogens is 2. The number of amides is 1. The number of piperazine rings is 1. The molecule has 1 aliphatic rings. The molecule has 3 heterocycles. The van der Waals surface area contributed by atoms with Crippen molar-refractivity contribution in [3.63, 3.8) is 0 Å². The molecular weight excluding hydrogens is 322 g/mol. The minimum Gasteiger partial charge on any atom is -0.456 e. The maximum atomic E-state index is 12.0. The quantitative estimate of drug-likeness (QED) is 0.834. The lowest BCUT2D eigenvalue weighted by molar-refractivity contribution is 0.0916. The van der Waals surface area contributed by atoms with E-state index in [0.29, 0.717) is 12.3 Å². The summed E-state index contributed by atoms with van der Waals surface area (Å²) in [6, 6.07) is 4.37. The van der Waals surface area contributed by atoms with Crippen LogP contribution in [0.15, 0.2) is 39.8 Å². The van der Waals surface area contributed by atoms with Crippen molar-refractivity contribution in [3.8, 4) is 0 Å². The van der Waals surface area contributed by atoms with Gasteiger partial charge in [0.1, 0.15) is 5.76 Å². The first-order valence-electron chi connectivity index (χ1n) is 8.26. The number of aryl methyl sites for hydroxylation is 1. The fourth-order valence-electron chi connectivity index (χ4n) is 2.76. The van der Waals surface area contributed by atoms with E-state index < -0.39 is 0 Å². The highest BCUT2D eigenvalue weighted by molar-refractivity contribution is 5.91. The van der Waals surface area contributed by atoms with Crippen LogP contribution in [-0.2, 0) is 0 Å². The van der Waals surface area contributed by atoms with Crippen LogP contribution < -0.4 is 15.6 Å². The predicted octanol–water partition coefficient (Wildman–Crippen LogP) is 0.290. The van der Waals surface area contributed by atoms with Crippen LogP contribution in [0.4, 0.5) is 5.95 Å². The van der Waals surface area contributed by atoms with Gasteiger partial charge in [-0.05, 0) is 13.0 Å². The number of carbonyl (C=O) groups excluding carboxylic acids is 1. The highest BCUT2D eigenvalue weighted by Crippen LogP contribution is 2.09. The van der Waals surface area contributed by atoms with E-state index in [2.05, 4.69) is 25.1 Å². The molecule has 1 aliphatic heterocycles. The van der Waals surface area contributed by atoms with Crippen LogP contribution in [-0.4, -0.2) is 60.0 Å². The molecule has 0 aliphatic carbocycles. The number of nitrogens with one attached hydrogen (secondary N) is 1. The third kappa shape index (κ3) is 4.63. The minimum absolute atomic E-state index is 0.0519. The molecule has 2 aromatic rings. The zero-order chi connectivity index (χ0) is 17.6. The van der Waals surface area contributed by atoms with Crippen molar-refractivity contribution in [2.24, 2.45) is 0 Å². The smallest absolute Gasteiger partial charge is 0.287 e. The van der Waals surface area contributed by atoms with Gasteiger partial charge in [0.2, 0.25) is 5.95 Å². The zero-order valence-electron chi connectivity index (χ0n) is 14.1. The van der Waals surface area contributed by atoms with Gasteiger partial charge in [-0.25, -0.2) is 9.97 Å². The molecule has 0 atom stereocenters. The van der Waals surface area contributed by atoms with Gasteiger partial charge in [-0.1, -0.05) is 0 Å². The fourth-order valence-corrected chi connectivity index (χ4v) is 2.76. The van der Waals surface area contributed by atoms with Gasteiger partial charge in [0, 0.05) is 63.8 Å². The van der Waals surface area contributed by atoms with Crippen molar-refractivity contribution in [2.45, 2.75) is 6.92 Å². The number of carbonyl (C=O) groups is 1. The Kier molecular flexibility index (Phi) is 5.39. The van der Waals surface area contributed by atoms with Crippen molar-refractivity contribution < 1.29 is 9.21 Å². The summed E-state index contributed by atoms with van der Waals surface area (Å²) in [5.74, 6) is 0.870. The number of hydrogen-bond acceptors (Lipinski definition) is 7. The summed E-state index contributed by atoms with van der Waals surface area (Å²) in [7, 11) is 0. The van der Waals surface area contributed by atoms with Gasteiger partial charge in [-0.3, -0.25) is 14.5 Å². The van der Waals surface area contributed by atoms with Crippen molar-refractivity contribution in [1.29, 1.82) is 0 Å². The Bertz CT molecular complexity index is 769. The molecule has 132 valence electrons. The van der Waals surface area contributed by atoms with Crippen LogP contribution in [0.5, 0.6) is 0 Å². The molecule has 1 amide bonds. The van der Waals surface area contributed by atoms with Crippen LogP contribution in [0.1, 0.15) is 16.3 Å². The maximum Gasteiger partial charge on any atom is 0.287 e.